The van der Waals surface area contributed by atoms with Crippen LogP contribution in [0.25, 0.3) is 0 Å². The van der Waals surface area contributed by atoms with Gasteiger partial charge in [-0.25, -0.2) is 4.39 Å². The van der Waals surface area contributed by atoms with Crippen molar-refractivity contribution in [3.63, 3.8) is 0 Å². The van der Waals surface area contributed by atoms with Crippen LogP contribution in [0.3, 0.4) is 0 Å². The zero-order valence-corrected chi connectivity index (χ0v) is 7.75. The third-order valence-corrected chi connectivity index (χ3v) is 1.94. The fourth-order valence-electron chi connectivity index (χ4n) is 1.36. The van der Waals surface area contributed by atoms with Gasteiger partial charge in [-0.15, -0.1) is 0 Å². The molecule has 0 aromatic heterocycles. The van der Waals surface area contributed by atoms with Crippen LogP contribution in [0.15, 0.2) is 18.2 Å². The van der Waals surface area contributed by atoms with Crippen LogP contribution in [0.4, 0.5) is 4.39 Å². The number of alkyl halides is 1. The molecule has 0 spiro atoms. The van der Waals surface area contributed by atoms with Crippen LogP contribution in [0.2, 0.25) is 0 Å². The van der Waals surface area contributed by atoms with Gasteiger partial charge in [-0.3, -0.25) is 0 Å². The van der Waals surface area contributed by atoms with E-state index in [1.165, 1.54) is 14.0 Å². The summed E-state index contributed by atoms with van der Waals surface area (Å²) in [6.45, 7) is 1.26. The van der Waals surface area contributed by atoms with Crippen molar-refractivity contribution in [3.05, 3.63) is 29.3 Å². The SMILES string of the molecule is COc1cccc(CO)c1C(C)F. The second-order valence-corrected chi connectivity index (χ2v) is 2.81. The Kier molecular flexibility index (Phi) is 3.25. The molecule has 0 bridgehead atoms. The van der Waals surface area contributed by atoms with Gasteiger partial charge in [-0.05, 0) is 18.6 Å². The molecule has 13 heavy (non-hydrogen) atoms. The van der Waals surface area contributed by atoms with Crippen LogP contribution in [0.1, 0.15) is 24.2 Å². The summed E-state index contributed by atoms with van der Waals surface area (Å²) >= 11 is 0. The van der Waals surface area contributed by atoms with Crippen molar-refractivity contribution < 1.29 is 14.2 Å². The summed E-state index contributed by atoms with van der Waals surface area (Å²) in [6.07, 6.45) is -1.13. The van der Waals surface area contributed by atoms with Crippen molar-refractivity contribution in [2.24, 2.45) is 0 Å². The second-order valence-electron chi connectivity index (χ2n) is 2.81. The largest absolute Gasteiger partial charge is 0.496 e. The summed E-state index contributed by atoms with van der Waals surface area (Å²) in [5.41, 5.74) is 1.02. The molecule has 0 amide bonds. The summed E-state index contributed by atoms with van der Waals surface area (Å²) in [7, 11) is 1.49. The number of methoxy groups -OCH3 is 1. The highest BCUT2D eigenvalue weighted by Crippen LogP contribution is 2.30. The van der Waals surface area contributed by atoms with Gasteiger partial charge in [-0.1, -0.05) is 12.1 Å². The Hall–Kier alpha value is -1.09. The van der Waals surface area contributed by atoms with Gasteiger partial charge in [0.2, 0.25) is 0 Å². The molecule has 1 unspecified atom stereocenters. The number of rotatable bonds is 3. The van der Waals surface area contributed by atoms with Crippen LogP contribution in [-0.4, -0.2) is 12.2 Å². The summed E-state index contributed by atoms with van der Waals surface area (Å²) in [5.74, 6) is 0.488. The van der Waals surface area contributed by atoms with Gasteiger partial charge < -0.3 is 9.84 Å². The van der Waals surface area contributed by atoms with Crippen LogP contribution in [0, 0.1) is 0 Å². The Balaban J connectivity index is 3.21. The molecule has 1 rings (SSSR count). The number of hydrogen-bond donors (Lipinski definition) is 1. The zero-order chi connectivity index (χ0) is 9.84. The van der Waals surface area contributed by atoms with Gasteiger partial charge in [0.25, 0.3) is 0 Å². The lowest BCUT2D eigenvalue weighted by atomic mass is 10.0. The van der Waals surface area contributed by atoms with E-state index >= 15 is 0 Å². The minimum Gasteiger partial charge on any atom is -0.496 e. The minimum atomic E-state index is -1.13. The molecule has 0 aliphatic rings. The highest BCUT2D eigenvalue weighted by atomic mass is 19.1. The summed E-state index contributed by atoms with van der Waals surface area (Å²) in [4.78, 5) is 0. The van der Waals surface area contributed by atoms with Gasteiger partial charge in [-0.2, -0.15) is 0 Å². The minimum absolute atomic E-state index is 0.166. The molecular formula is C10H13FO2. The molecule has 0 heterocycles. The first-order valence-corrected chi connectivity index (χ1v) is 4.11. The number of aliphatic hydroxyl groups is 1. The van der Waals surface area contributed by atoms with Crippen LogP contribution >= 0.6 is 0 Å². The van der Waals surface area contributed by atoms with E-state index in [4.69, 9.17) is 9.84 Å². The zero-order valence-electron chi connectivity index (χ0n) is 7.75. The number of ether oxygens (including phenoxy) is 1. The lowest BCUT2D eigenvalue weighted by Gasteiger charge is -2.12. The molecule has 1 aromatic rings. The van der Waals surface area contributed by atoms with E-state index in [-0.39, 0.29) is 6.61 Å². The topological polar surface area (TPSA) is 29.5 Å². The van der Waals surface area contributed by atoms with Crippen molar-refractivity contribution in [1.29, 1.82) is 0 Å². The van der Waals surface area contributed by atoms with Crippen molar-refractivity contribution >= 4 is 0 Å². The predicted octanol–water partition coefficient (Wildman–Crippen LogP) is 2.22. The number of aliphatic hydroxyl groups excluding tert-OH is 1. The first kappa shape index (κ1) is 9.99. The molecule has 0 aliphatic carbocycles. The first-order chi connectivity index (χ1) is 6.20. The van der Waals surface area contributed by atoms with Crippen LogP contribution in [-0.2, 0) is 6.61 Å². The number of hydrogen-bond acceptors (Lipinski definition) is 2. The van der Waals surface area contributed by atoms with Crippen molar-refractivity contribution in [1.82, 2.24) is 0 Å². The van der Waals surface area contributed by atoms with E-state index in [0.29, 0.717) is 16.9 Å². The lowest BCUT2D eigenvalue weighted by molar-refractivity contribution is 0.271. The van der Waals surface area contributed by atoms with Crippen molar-refractivity contribution in [3.8, 4) is 5.75 Å². The maximum atomic E-state index is 13.1. The summed E-state index contributed by atoms with van der Waals surface area (Å²) in [6, 6.07) is 5.11. The van der Waals surface area contributed by atoms with E-state index in [0.717, 1.165) is 0 Å². The Morgan fingerprint density at radius 3 is 2.69 bits per heavy atom. The van der Waals surface area contributed by atoms with E-state index in [2.05, 4.69) is 0 Å². The Labute approximate surface area is 77.0 Å². The third kappa shape index (κ3) is 1.98. The predicted molar refractivity (Wildman–Crippen MR) is 48.4 cm³/mol. The molecule has 1 atom stereocenters. The van der Waals surface area contributed by atoms with Gasteiger partial charge >= 0.3 is 0 Å². The molecule has 0 saturated heterocycles. The smallest absolute Gasteiger partial charge is 0.126 e. The Bertz CT molecular complexity index is 262. The molecule has 72 valence electrons. The highest BCUT2D eigenvalue weighted by molar-refractivity contribution is 5.41. The Morgan fingerprint density at radius 1 is 1.54 bits per heavy atom. The molecular weight excluding hydrogens is 171 g/mol. The fourth-order valence-corrected chi connectivity index (χ4v) is 1.36. The first-order valence-electron chi connectivity index (χ1n) is 4.11. The van der Waals surface area contributed by atoms with E-state index in [9.17, 15) is 4.39 Å². The number of halogens is 1. The van der Waals surface area contributed by atoms with Gasteiger partial charge in [0, 0.05) is 5.56 Å². The second kappa shape index (κ2) is 4.23. The average Bonchev–Trinajstić information content (AvgIpc) is 2.16. The van der Waals surface area contributed by atoms with Gasteiger partial charge in [0.15, 0.2) is 0 Å². The average molecular weight is 184 g/mol. The van der Waals surface area contributed by atoms with E-state index in [1.54, 1.807) is 18.2 Å². The van der Waals surface area contributed by atoms with Crippen molar-refractivity contribution in [2.75, 3.05) is 7.11 Å². The van der Waals surface area contributed by atoms with Crippen molar-refractivity contribution in [2.45, 2.75) is 19.7 Å². The molecule has 1 aromatic carbocycles. The Morgan fingerprint density at radius 2 is 2.23 bits per heavy atom. The quantitative estimate of drug-likeness (QED) is 0.780. The molecule has 0 fully saturated rings. The fraction of sp³-hybridized carbons (Fsp3) is 0.400. The molecule has 0 saturated carbocycles. The van der Waals surface area contributed by atoms with Crippen LogP contribution < -0.4 is 4.74 Å². The van der Waals surface area contributed by atoms with E-state index in [1.807, 2.05) is 0 Å². The molecule has 1 N–H and O–H groups in total. The normalized spacial score (nSPS) is 12.6. The summed E-state index contributed by atoms with van der Waals surface area (Å²) in [5, 5.41) is 8.97. The highest BCUT2D eigenvalue weighted by Gasteiger charge is 2.14. The van der Waals surface area contributed by atoms with Gasteiger partial charge in [0.1, 0.15) is 11.9 Å². The molecule has 0 radical (unpaired) electrons. The maximum Gasteiger partial charge on any atom is 0.126 e. The lowest BCUT2D eigenvalue weighted by Crippen LogP contribution is -1.99. The third-order valence-electron chi connectivity index (χ3n) is 1.94. The molecule has 3 heteroatoms. The summed E-state index contributed by atoms with van der Waals surface area (Å²) < 4.78 is 18.1. The van der Waals surface area contributed by atoms with Crippen LogP contribution in [0.5, 0.6) is 5.75 Å². The maximum absolute atomic E-state index is 13.1. The van der Waals surface area contributed by atoms with E-state index < -0.39 is 6.17 Å². The number of benzene rings is 1. The molecule has 2 nitrogen and oxygen atoms in total. The van der Waals surface area contributed by atoms with Gasteiger partial charge in [0.05, 0.1) is 13.7 Å². The standard InChI is InChI=1S/C10H13FO2/c1-7(11)10-8(6-12)4-3-5-9(10)13-2/h3-5,7,12H,6H2,1-2H3. The molecule has 0 aliphatic heterocycles. The monoisotopic (exact) mass is 184 g/mol.